The van der Waals surface area contributed by atoms with Gasteiger partial charge < -0.3 is 9.64 Å². The van der Waals surface area contributed by atoms with Gasteiger partial charge in [0, 0.05) is 25.6 Å². The third-order valence-electron chi connectivity index (χ3n) is 5.13. The number of piperidine rings is 1. The van der Waals surface area contributed by atoms with Crippen LogP contribution < -0.4 is 0 Å². The van der Waals surface area contributed by atoms with E-state index < -0.39 is 0 Å². The molecule has 1 amide bonds. The Labute approximate surface area is 150 Å². The monoisotopic (exact) mass is 341 g/mol. The van der Waals surface area contributed by atoms with Gasteiger partial charge in [-0.2, -0.15) is 5.26 Å². The first-order chi connectivity index (χ1) is 12.0. The highest BCUT2D eigenvalue weighted by atomic mass is 16.5. The topological polar surface area (TPSA) is 56.6 Å². The van der Waals surface area contributed by atoms with Crippen LogP contribution >= 0.6 is 0 Å². The largest absolute Gasteiger partial charge is 0.372 e. The van der Waals surface area contributed by atoms with Crippen molar-refractivity contribution in [1.29, 1.82) is 5.26 Å². The normalized spacial score (nSPS) is 25.6. The van der Waals surface area contributed by atoms with Crippen LogP contribution in [0.25, 0.3) is 0 Å². The molecule has 2 saturated heterocycles. The van der Waals surface area contributed by atoms with Gasteiger partial charge in [-0.25, -0.2) is 0 Å². The van der Waals surface area contributed by atoms with E-state index in [-0.39, 0.29) is 18.1 Å². The van der Waals surface area contributed by atoms with Crippen molar-refractivity contribution in [3.63, 3.8) is 0 Å². The van der Waals surface area contributed by atoms with Crippen molar-refractivity contribution in [1.82, 2.24) is 9.80 Å². The van der Waals surface area contributed by atoms with Gasteiger partial charge in [0.25, 0.3) is 0 Å². The maximum absolute atomic E-state index is 12.8. The lowest BCUT2D eigenvalue weighted by molar-refractivity contribution is -0.148. The lowest BCUT2D eigenvalue weighted by Crippen LogP contribution is -2.51. The number of ether oxygens (including phenoxy) is 1. The Morgan fingerprint density at radius 3 is 2.56 bits per heavy atom. The van der Waals surface area contributed by atoms with Gasteiger partial charge in [-0.05, 0) is 57.5 Å². The number of nitriles is 1. The van der Waals surface area contributed by atoms with Crippen LogP contribution in [0.2, 0.25) is 0 Å². The molecule has 3 rings (SSSR count). The molecule has 2 fully saturated rings. The summed E-state index contributed by atoms with van der Waals surface area (Å²) in [6, 6.07) is 9.97. The van der Waals surface area contributed by atoms with Gasteiger partial charge in [0.2, 0.25) is 5.91 Å². The second-order valence-corrected chi connectivity index (χ2v) is 7.36. The van der Waals surface area contributed by atoms with Crippen LogP contribution in [0.5, 0.6) is 0 Å². The number of nitrogens with zero attached hydrogens (tertiary/aromatic N) is 3. The predicted molar refractivity (Wildman–Crippen MR) is 95.7 cm³/mol. The summed E-state index contributed by atoms with van der Waals surface area (Å²) in [7, 11) is 0. The maximum Gasteiger partial charge on any atom is 0.225 e. The fourth-order valence-electron chi connectivity index (χ4n) is 3.95. The Balaban J connectivity index is 1.51. The molecule has 2 aliphatic heterocycles. The zero-order valence-electron chi connectivity index (χ0n) is 15.1. The van der Waals surface area contributed by atoms with Crippen LogP contribution in [-0.2, 0) is 16.1 Å². The minimum Gasteiger partial charge on any atom is -0.372 e. The van der Waals surface area contributed by atoms with Crippen molar-refractivity contribution in [2.45, 2.75) is 45.4 Å². The van der Waals surface area contributed by atoms with Gasteiger partial charge in [-0.15, -0.1) is 0 Å². The van der Waals surface area contributed by atoms with E-state index in [0.717, 1.165) is 32.5 Å². The molecule has 134 valence electrons. The summed E-state index contributed by atoms with van der Waals surface area (Å²) in [5.74, 6) is 0.437. The quantitative estimate of drug-likeness (QED) is 0.847. The van der Waals surface area contributed by atoms with Gasteiger partial charge in [0.15, 0.2) is 0 Å². The Morgan fingerprint density at radius 1 is 1.24 bits per heavy atom. The van der Waals surface area contributed by atoms with E-state index in [1.807, 2.05) is 36.9 Å². The van der Waals surface area contributed by atoms with Crippen molar-refractivity contribution in [3.05, 3.63) is 35.4 Å². The summed E-state index contributed by atoms with van der Waals surface area (Å²) in [6.45, 7) is 8.21. The number of amides is 1. The molecule has 2 aliphatic rings. The second kappa shape index (κ2) is 7.99. The molecular weight excluding hydrogens is 314 g/mol. The summed E-state index contributed by atoms with van der Waals surface area (Å²) in [5, 5.41) is 9.01. The zero-order valence-corrected chi connectivity index (χ0v) is 15.1. The Kier molecular flexibility index (Phi) is 5.72. The smallest absolute Gasteiger partial charge is 0.225 e. The summed E-state index contributed by atoms with van der Waals surface area (Å²) in [5.41, 5.74) is 1.87. The summed E-state index contributed by atoms with van der Waals surface area (Å²) < 4.78 is 5.73. The van der Waals surface area contributed by atoms with Gasteiger partial charge in [0.1, 0.15) is 0 Å². The van der Waals surface area contributed by atoms with Crippen LogP contribution in [0.1, 0.15) is 37.8 Å². The van der Waals surface area contributed by atoms with E-state index in [4.69, 9.17) is 10.00 Å². The standard InChI is InChI=1S/C20H27N3O2/c1-15-12-23(13-16(2)25-15)20(24)19-6-8-22(9-7-19)14-18-5-3-4-17(10-18)11-21/h3-5,10,15-16,19H,6-9,12-14H2,1-2H3/t15-,16-/m1/s1. The molecule has 0 saturated carbocycles. The molecule has 2 atom stereocenters. The van der Waals surface area contributed by atoms with Crippen LogP contribution in [-0.4, -0.2) is 54.1 Å². The zero-order chi connectivity index (χ0) is 17.8. The van der Waals surface area contributed by atoms with Crippen LogP contribution in [0.15, 0.2) is 24.3 Å². The number of morpholine rings is 1. The number of hydrogen-bond acceptors (Lipinski definition) is 4. The first kappa shape index (κ1) is 17.9. The number of rotatable bonds is 3. The SMILES string of the molecule is C[C@@H]1CN(C(=O)C2CCN(Cc3cccc(C#N)c3)CC2)C[C@@H](C)O1. The molecule has 0 bridgehead atoms. The summed E-state index contributed by atoms with van der Waals surface area (Å²) in [4.78, 5) is 17.2. The molecule has 2 heterocycles. The molecule has 0 aromatic heterocycles. The molecule has 1 aromatic rings. The molecule has 0 spiro atoms. The lowest BCUT2D eigenvalue weighted by Gasteiger charge is -2.39. The highest BCUT2D eigenvalue weighted by Gasteiger charge is 2.32. The first-order valence-electron chi connectivity index (χ1n) is 9.21. The van der Waals surface area contributed by atoms with E-state index in [1.54, 1.807) is 0 Å². The van der Waals surface area contributed by atoms with Crippen LogP contribution in [0.3, 0.4) is 0 Å². The fourth-order valence-corrected chi connectivity index (χ4v) is 3.95. The van der Waals surface area contributed by atoms with Crippen molar-refractivity contribution in [2.24, 2.45) is 5.92 Å². The van der Waals surface area contributed by atoms with Crippen molar-refractivity contribution in [2.75, 3.05) is 26.2 Å². The van der Waals surface area contributed by atoms with Crippen molar-refractivity contribution < 1.29 is 9.53 Å². The van der Waals surface area contributed by atoms with Gasteiger partial charge in [-0.3, -0.25) is 9.69 Å². The number of benzene rings is 1. The third kappa shape index (κ3) is 4.59. The van der Waals surface area contributed by atoms with E-state index in [0.29, 0.717) is 24.6 Å². The van der Waals surface area contributed by atoms with Crippen molar-refractivity contribution >= 4 is 5.91 Å². The van der Waals surface area contributed by atoms with Gasteiger partial charge in [-0.1, -0.05) is 12.1 Å². The number of carbonyl (C=O) groups excluding carboxylic acids is 1. The minimum absolute atomic E-state index is 0.125. The molecular formula is C20H27N3O2. The molecule has 5 nitrogen and oxygen atoms in total. The Morgan fingerprint density at radius 2 is 1.92 bits per heavy atom. The average Bonchev–Trinajstić information content (AvgIpc) is 2.61. The van der Waals surface area contributed by atoms with E-state index in [1.165, 1.54) is 5.56 Å². The predicted octanol–water partition coefficient (Wildman–Crippen LogP) is 2.41. The summed E-state index contributed by atoms with van der Waals surface area (Å²) in [6.07, 6.45) is 2.08. The third-order valence-corrected chi connectivity index (χ3v) is 5.13. The molecule has 0 unspecified atom stereocenters. The summed E-state index contributed by atoms with van der Waals surface area (Å²) >= 11 is 0. The average molecular weight is 341 g/mol. The number of carbonyl (C=O) groups is 1. The fraction of sp³-hybridized carbons (Fsp3) is 0.600. The van der Waals surface area contributed by atoms with E-state index in [9.17, 15) is 4.79 Å². The van der Waals surface area contributed by atoms with Gasteiger partial charge >= 0.3 is 0 Å². The highest BCUT2D eigenvalue weighted by Crippen LogP contribution is 2.23. The van der Waals surface area contributed by atoms with Gasteiger partial charge in [0.05, 0.1) is 23.8 Å². The Hall–Kier alpha value is -1.90. The molecule has 0 N–H and O–H groups in total. The first-order valence-corrected chi connectivity index (χ1v) is 9.21. The molecule has 1 aromatic carbocycles. The second-order valence-electron chi connectivity index (χ2n) is 7.36. The molecule has 0 radical (unpaired) electrons. The van der Waals surface area contributed by atoms with E-state index in [2.05, 4.69) is 17.0 Å². The molecule has 25 heavy (non-hydrogen) atoms. The molecule has 0 aliphatic carbocycles. The minimum atomic E-state index is 0.125. The maximum atomic E-state index is 12.8. The van der Waals surface area contributed by atoms with Crippen LogP contribution in [0, 0.1) is 17.2 Å². The highest BCUT2D eigenvalue weighted by molar-refractivity contribution is 5.79. The van der Waals surface area contributed by atoms with Crippen LogP contribution in [0.4, 0.5) is 0 Å². The Bertz CT molecular complexity index is 637. The van der Waals surface area contributed by atoms with Crippen molar-refractivity contribution in [3.8, 4) is 6.07 Å². The molecule has 5 heteroatoms. The lowest BCUT2D eigenvalue weighted by atomic mass is 9.94. The number of hydrogen-bond donors (Lipinski definition) is 0. The van der Waals surface area contributed by atoms with E-state index >= 15 is 0 Å². The number of likely N-dealkylation sites (tertiary alicyclic amines) is 1.